The predicted molar refractivity (Wildman–Crippen MR) is 45.0 cm³/mol. The van der Waals surface area contributed by atoms with Gasteiger partial charge >= 0.3 is 0 Å². The van der Waals surface area contributed by atoms with Gasteiger partial charge in [0.1, 0.15) is 11.7 Å². The van der Waals surface area contributed by atoms with Crippen molar-refractivity contribution in [1.82, 2.24) is 4.90 Å². The Hall–Kier alpha value is -0.570. The number of nitrogens with zero attached hydrogens (tertiary/aromatic N) is 2. The number of hydrogen-bond acceptors (Lipinski definition) is 2. The third kappa shape index (κ3) is 1.71. The first kappa shape index (κ1) is 8.53. The molecule has 62 valence electrons. The minimum Gasteiger partial charge on any atom is -0.300 e. The lowest BCUT2D eigenvalue weighted by Gasteiger charge is -2.13. The SMILES string of the molecule is CN=C1CCCN1C(=O)CCl. The molecule has 1 rings (SSSR count). The van der Waals surface area contributed by atoms with E-state index in [1.165, 1.54) is 0 Å². The topological polar surface area (TPSA) is 32.7 Å². The molecule has 0 saturated carbocycles. The second-order valence-corrected chi connectivity index (χ2v) is 2.69. The van der Waals surface area contributed by atoms with E-state index in [1.54, 1.807) is 11.9 Å². The molecule has 0 N–H and O–H groups in total. The summed E-state index contributed by atoms with van der Waals surface area (Å²) in [6.45, 7) is 0.776. The molecule has 1 saturated heterocycles. The maximum absolute atomic E-state index is 11.1. The number of alkyl halides is 1. The number of likely N-dealkylation sites (tertiary alicyclic amines) is 1. The first-order valence-electron chi connectivity index (χ1n) is 3.61. The van der Waals surface area contributed by atoms with Crippen molar-refractivity contribution in [2.75, 3.05) is 19.5 Å². The summed E-state index contributed by atoms with van der Waals surface area (Å²) in [6.07, 6.45) is 1.91. The van der Waals surface area contributed by atoms with Crippen molar-refractivity contribution < 1.29 is 4.79 Å². The van der Waals surface area contributed by atoms with Crippen molar-refractivity contribution >= 4 is 23.3 Å². The van der Waals surface area contributed by atoms with Crippen LogP contribution < -0.4 is 0 Å². The number of amidine groups is 1. The molecule has 1 fully saturated rings. The summed E-state index contributed by atoms with van der Waals surface area (Å²) in [7, 11) is 1.70. The predicted octanol–water partition coefficient (Wildman–Crippen LogP) is 0.876. The van der Waals surface area contributed by atoms with E-state index in [2.05, 4.69) is 4.99 Å². The van der Waals surface area contributed by atoms with E-state index in [-0.39, 0.29) is 11.8 Å². The summed E-state index contributed by atoms with van der Waals surface area (Å²) in [5.41, 5.74) is 0. The zero-order valence-corrected chi connectivity index (χ0v) is 7.26. The Balaban J connectivity index is 2.64. The minimum atomic E-state index is -0.0373. The van der Waals surface area contributed by atoms with Crippen molar-refractivity contribution in [2.45, 2.75) is 12.8 Å². The number of rotatable bonds is 1. The lowest BCUT2D eigenvalue weighted by atomic mass is 10.4. The van der Waals surface area contributed by atoms with E-state index in [0.717, 1.165) is 25.2 Å². The van der Waals surface area contributed by atoms with Crippen LogP contribution in [0.15, 0.2) is 4.99 Å². The van der Waals surface area contributed by atoms with Crippen LogP contribution in [0.4, 0.5) is 0 Å². The molecule has 0 bridgehead atoms. The standard InChI is InChI=1S/C7H11ClN2O/c1-9-6-3-2-4-10(6)7(11)5-8/h2-5H2,1H3. The molecule has 3 nitrogen and oxygen atoms in total. The van der Waals surface area contributed by atoms with Gasteiger partial charge in [-0.25, -0.2) is 0 Å². The van der Waals surface area contributed by atoms with E-state index in [9.17, 15) is 4.79 Å². The van der Waals surface area contributed by atoms with Gasteiger partial charge < -0.3 is 0 Å². The molecule has 0 spiro atoms. The minimum absolute atomic E-state index is 0.0373. The summed E-state index contributed by atoms with van der Waals surface area (Å²) in [5.74, 6) is 0.888. The molecule has 1 aliphatic rings. The summed E-state index contributed by atoms with van der Waals surface area (Å²) in [6, 6.07) is 0. The number of carbonyl (C=O) groups excluding carboxylic acids is 1. The second-order valence-electron chi connectivity index (χ2n) is 2.42. The number of amides is 1. The van der Waals surface area contributed by atoms with Gasteiger partial charge in [-0.3, -0.25) is 14.7 Å². The maximum atomic E-state index is 11.1. The average molecular weight is 175 g/mol. The molecule has 1 aliphatic heterocycles. The van der Waals surface area contributed by atoms with Crippen molar-refractivity contribution in [2.24, 2.45) is 4.99 Å². The van der Waals surface area contributed by atoms with Crippen LogP contribution in [0.2, 0.25) is 0 Å². The summed E-state index contributed by atoms with van der Waals surface area (Å²) in [4.78, 5) is 16.8. The van der Waals surface area contributed by atoms with Crippen LogP contribution in [-0.4, -0.2) is 36.1 Å². The number of halogens is 1. The fourth-order valence-electron chi connectivity index (χ4n) is 1.23. The van der Waals surface area contributed by atoms with E-state index in [1.807, 2.05) is 0 Å². The average Bonchev–Trinajstić information content (AvgIpc) is 2.50. The Morgan fingerprint density at radius 1 is 1.82 bits per heavy atom. The van der Waals surface area contributed by atoms with E-state index in [4.69, 9.17) is 11.6 Å². The monoisotopic (exact) mass is 174 g/mol. The van der Waals surface area contributed by atoms with Gasteiger partial charge in [0.05, 0.1) is 0 Å². The van der Waals surface area contributed by atoms with Gasteiger partial charge in [-0.05, 0) is 6.42 Å². The molecule has 0 radical (unpaired) electrons. The van der Waals surface area contributed by atoms with Gasteiger partial charge in [0.25, 0.3) is 0 Å². The van der Waals surface area contributed by atoms with Crippen LogP contribution in [-0.2, 0) is 4.79 Å². The molecular weight excluding hydrogens is 164 g/mol. The zero-order chi connectivity index (χ0) is 8.27. The highest BCUT2D eigenvalue weighted by atomic mass is 35.5. The summed E-state index contributed by atoms with van der Waals surface area (Å²) < 4.78 is 0. The van der Waals surface area contributed by atoms with Crippen molar-refractivity contribution in [1.29, 1.82) is 0 Å². The van der Waals surface area contributed by atoms with Gasteiger partial charge in [-0.15, -0.1) is 11.6 Å². The first-order chi connectivity index (χ1) is 5.29. The first-order valence-corrected chi connectivity index (χ1v) is 4.15. The smallest absolute Gasteiger partial charge is 0.242 e. The summed E-state index contributed by atoms with van der Waals surface area (Å²) in [5, 5.41) is 0. The molecule has 4 heteroatoms. The Bertz CT molecular complexity index is 191. The number of aliphatic imine (C=N–C) groups is 1. The van der Waals surface area contributed by atoms with Gasteiger partial charge in [-0.2, -0.15) is 0 Å². The second kappa shape index (κ2) is 3.72. The molecule has 0 atom stereocenters. The Morgan fingerprint density at radius 2 is 2.55 bits per heavy atom. The molecule has 1 amide bonds. The van der Waals surface area contributed by atoms with E-state index < -0.39 is 0 Å². The highest BCUT2D eigenvalue weighted by Gasteiger charge is 2.22. The Labute approximate surface area is 71.0 Å². The summed E-state index contributed by atoms with van der Waals surface area (Å²) >= 11 is 5.41. The molecule has 0 aromatic carbocycles. The Kier molecular flexibility index (Phi) is 2.88. The van der Waals surface area contributed by atoms with E-state index in [0.29, 0.717) is 0 Å². The molecule has 0 unspecified atom stereocenters. The van der Waals surface area contributed by atoms with Crippen molar-refractivity contribution in [3.05, 3.63) is 0 Å². The molecular formula is C7H11ClN2O. The van der Waals surface area contributed by atoms with Crippen molar-refractivity contribution in [3.63, 3.8) is 0 Å². The number of carbonyl (C=O) groups is 1. The lowest BCUT2D eigenvalue weighted by Crippen LogP contribution is -2.32. The van der Waals surface area contributed by atoms with Crippen LogP contribution in [0.5, 0.6) is 0 Å². The van der Waals surface area contributed by atoms with Gasteiger partial charge in [-0.1, -0.05) is 0 Å². The van der Waals surface area contributed by atoms with Crippen LogP contribution >= 0.6 is 11.6 Å². The highest BCUT2D eigenvalue weighted by molar-refractivity contribution is 6.28. The van der Waals surface area contributed by atoms with Crippen LogP contribution in [0.1, 0.15) is 12.8 Å². The normalized spacial score (nSPS) is 21.3. The highest BCUT2D eigenvalue weighted by Crippen LogP contribution is 2.11. The van der Waals surface area contributed by atoms with Gasteiger partial charge in [0.15, 0.2) is 0 Å². The van der Waals surface area contributed by atoms with Gasteiger partial charge in [0, 0.05) is 20.0 Å². The fourth-order valence-corrected chi connectivity index (χ4v) is 1.38. The van der Waals surface area contributed by atoms with E-state index >= 15 is 0 Å². The lowest BCUT2D eigenvalue weighted by molar-refractivity contribution is -0.124. The van der Waals surface area contributed by atoms with Gasteiger partial charge in [0.2, 0.25) is 5.91 Å². The molecule has 1 heterocycles. The third-order valence-corrected chi connectivity index (χ3v) is 2.00. The molecule has 11 heavy (non-hydrogen) atoms. The van der Waals surface area contributed by atoms with Crippen molar-refractivity contribution in [3.8, 4) is 0 Å². The largest absolute Gasteiger partial charge is 0.300 e. The molecule has 0 aromatic rings. The molecule has 0 aromatic heterocycles. The van der Waals surface area contributed by atoms with Crippen LogP contribution in [0, 0.1) is 0 Å². The quantitative estimate of drug-likeness (QED) is 0.543. The number of hydrogen-bond donors (Lipinski definition) is 0. The zero-order valence-electron chi connectivity index (χ0n) is 6.51. The maximum Gasteiger partial charge on any atom is 0.242 e. The van der Waals surface area contributed by atoms with Crippen LogP contribution in [0.3, 0.4) is 0 Å². The Morgan fingerprint density at radius 3 is 3.09 bits per heavy atom. The fraction of sp³-hybridized carbons (Fsp3) is 0.714. The third-order valence-electron chi connectivity index (χ3n) is 1.77. The molecule has 0 aliphatic carbocycles. The van der Waals surface area contributed by atoms with Crippen LogP contribution in [0.25, 0.3) is 0 Å².